The number of pyridine rings is 1. The molecule has 0 radical (unpaired) electrons. The number of aromatic nitrogens is 3. The Morgan fingerprint density at radius 3 is 2.58 bits per heavy atom. The first-order valence-electron chi connectivity index (χ1n) is 7.41. The smallest absolute Gasteiger partial charge is 0.272 e. The second-order valence-corrected chi connectivity index (χ2v) is 7.99. The summed E-state index contributed by atoms with van der Waals surface area (Å²) in [7, 11) is -2.48. The number of anilines is 1. The molecule has 2 aromatic heterocycles. The zero-order valence-electron chi connectivity index (χ0n) is 13.9. The Labute approximate surface area is 158 Å². The molecule has 0 unspecified atom stereocenters. The van der Waals surface area contributed by atoms with E-state index in [2.05, 4.69) is 30.7 Å². The first kappa shape index (κ1) is 18.2. The van der Waals surface area contributed by atoms with Crippen LogP contribution in [0.2, 0.25) is 0 Å². The first-order valence-corrected chi connectivity index (χ1v) is 9.69. The third kappa shape index (κ3) is 3.65. The Morgan fingerprint density at radius 2 is 2.00 bits per heavy atom. The summed E-state index contributed by atoms with van der Waals surface area (Å²) in [4.78, 5) is 15.9. The fraction of sp³-hybridized carbons (Fsp3) is 0.125. The summed E-state index contributed by atoms with van der Waals surface area (Å²) in [5, 5.41) is 2.86. The van der Waals surface area contributed by atoms with Gasteiger partial charge in [-0.2, -0.15) is 0 Å². The topological polar surface area (TPSA) is 106 Å². The molecule has 0 bridgehead atoms. The van der Waals surface area contributed by atoms with Gasteiger partial charge < -0.3 is 4.74 Å². The molecule has 26 heavy (non-hydrogen) atoms. The van der Waals surface area contributed by atoms with E-state index in [1.54, 1.807) is 19.1 Å². The molecule has 3 rings (SSSR count). The van der Waals surface area contributed by atoms with Gasteiger partial charge in [0.05, 0.1) is 19.0 Å². The number of rotatable bonds is 5. The molecule has 0 amide bonds. The van der Waals surface area contributed by atoms with Gasteiger partial charge in [0.15, 0.2) is 5.82 Å². The van der Waals surface area contributed by atoms with Crippen molar-refractivity contribution in [3.8, 4) is 11.6 Å². The number of aromatic amines is 1. The molecule has 0 atom stereocenters. The molecule has 0 saturated carbocycles. The third-order valence-corrected chi connectivity index (χ3v) is 5.39. The second kappa shape index (κ2) is 6.96. The van der Waals surface area contributed by atoms with E-state index in [1.807, 2.05) is 0 Å². The summed E-state index contributed by atoms with van der Waals surface area (Å²) in [6.07, 6.45) is 1.33. The van der Waals surface area contributed by atoms with E-state index >= 15 is 0 Å². The zero-order chi connectivity index (χ0) is 18.9. The Balaban J connectivity index is 1.90. The van der Waals surface area contributed by atoms with Crippen molar-refractivity contribution in [2.24, 2.45) is 0 Å². The summed E-state index contributed by atoms with van der Waals surface area (Å²) >= 11 is 3.25. The van der Waals surface area contributed by atoms with E-state index < -0.39 is 10.0 Å². The largest absolute Gasteiger partial charge is 0.495 e. The number of hydrogen-bond donors (Lipinski definition) is 2. The van der Waals surface area contributed by atoms with Gasteiger partial charge in [-0.1, -0.05) is 15.9 Å². The van der Waals surface area contributed by atoms with Gasteiger partial charge in [0, 0.05) is 16.2 Å². The summed E-state index contributed by atoms with van der Waals surface area (Å²) in [6, 6.07) is 9.19. The van der Waals surface area contributed by atoms with E-state index in [1.165, 1.54) is 42.3 Å². The minimum absolute atomic E-state index is 0.00494. The fourth-order valence-electron chi connectivity index (χ4n) is 2.33. The molecule has 3 aromatic rings. The van der Waals surface area contributed by atoms with Crippen LogP contribution in [0.3, 0.4) is 0 Å². The van der Waals surface area contributed by atoms with Crippen molar-refractivity contribution in [2.75, 3.05) is 11.8 Å². The van der Waals surface area contributed by atoms with Crippen molar-refractivity contribution in [1.29, 1.82) is 0 Å². The van der Waals surface area contributed by atoms with Crippen LogP contribution in [0.15, 0.2) is 56.8 Å². The number of nitrogens with zero attached hydrogens (tertiary/aromatic N) is 2. The van der Waals surface area contributed by atoms with E-state index in [9.17, 15) is 13.2 Å². The van der Waals surface area contributed by atoms with Crippen molar-refractivity contribution in [2.45, 2.75) is 11.8 Å². The molecule has 2 N–H and O–H groups in total. The van der Waals surface area contributed by atoms with Crippen molar-refractivity contribution in [1.82, 2.24) is 14.8 Å². The Morgan fingerprint density at radius 1 is 1.23 bits per heavy atom. The number of halogens is 1. The monoisotopic (exact) mass is 438 g/mol. The quantitative estimate of drug-likeness (QED) is 0.635. The number of methoxy groups -OCH3 is 1. The lowest BCUT2D eigenvalue weighted by Crippen LogP contribution is -2.16. The lowest BCUT2D eigenvalue weighted by molar-refractivity contribution is 0.403. The lowest BCUT2D eigenvalue weighted by Gasteiger charge is -2.12. The number of sulfonamides is 1. The number of H-pyrrole nitrogens is 1. The van der Waals surface area contributed by atoms with Crippen LogP contribution in [0.5, 0.6) is 5.75 Å². The molecular weight excluding hydrogens is 424 g/mol. The highest BCUT2D eigenvalue weighted by molar-refractivity contribution is 9.10. The van der Waals surface area contributed by atoms with Crippen LogP contribution in [-0.2, 0) is 10.0 Å². The molecule has 0 fully saturated rings. The molecule has 0 aliphatic heterocycles. The van der Waals surface area contributed by atoms with Gasteiger partial charge in [0.1, 0.15) is 10.6 Å². The molecule has 10 heteroatoms. The van der Waals surface area contributed by atoms with Crippen molar-refractivity contribution in [3.05, 3.63) is 63.1 Å². The van der Waals surface area contributed by atoms with Crippen LogP contribution < -0.4 is 15.0 Å². The Bertz CT molecular complexity index is 1100. The molecular formula is C16H15BrN4O4S. The third-order valence-electron chi connectivity index (χ3n) is 3.49. The number of nitrogens with one attached hydrogen (secondary N) is 2. The summed E-state index contributed by atoms with van der Waals surface area (Å²) < 4.78 is 34.7. The van der Waals surface area contributed by atoms with Crippen LogP contribution in [0.4, 0.5) is 5.69 Å². The molecule has 136 valence electrons. The predicted molar refractivity (Wildman–Crippen MR) is 100 cm³/mol. The molecule has 2 heterocycles. The summed E-state index contributed by atoms with van der Waals surface area (Å²) in [5.41, 5.74) is 0.706. The number of benzene rings is 1. The van der Waals surface area contributed by atoms with Crippen LogP contribution in [0.25, 0.3) is 5.82 Å². The Hall–Kier alpha value is -2.59. The molecule has 0 aliphatic carbocycles. The maximum Gasteiger partial charge on any atom is 0.272 e. The van der Waals surface area contributed by atoms with Crippen molar-refractivity contribution in [3.63, 3.8) is 0 Å². The average Bonchev–Trinajstić information content (AvgIpc) is 2.93. The zero-order valence-corrected chi connectivity index (χ0v) is 16.3. The molecule has 0 aliphatic rings. The maximum atomic E-state index is 12.6. The van der Waals surface area contributed by atoms with Crippen LogP contribution in [0.1, 0.15) is 5.69 Å². The van der Waals surface area contributed by atoms with Gasteiger partial charge >= 0.3 is 0 Å². The first-order chi connectivity index (χ1) is 12.3. The molecule has 0 saturated heterocycles. The van der Waals surface area contributed by atoms with E-state index in [4.69, 9.17) is 4.74 Å². The highest BCUT2D eigenvalue weighted by Crippen LogP contribution is 2.28. The fourth-order valence-corrected chi connectivity index (χ4v) is 4.09. The Kier molecular flexibility index (Phi) is 4.88. The maximum absolute atomic E-state index is 12.6. The van der Waals surface area contributed by atoms with Crippen LogP contribution in [0, 0.1) is 6.92 Å². The lowest BCUT2D eigenvalue weighted by atomic mass is 10.3. The highest BCUT2D eigenvalue weighted by atomic mass is 79.9. The van der Waals surface area contributed by atoms with Gasteiger partial charge in [-0.15, -0.1) is 0 Å². The minimum atomic E-state index is -3.88. The molecule has 8 nitrogen and oxygen atoms in total. The predicted octanol–water partition coefficient (Wildman–Crippen LogP) is 2.44. The van der Waals surface area contributed by atoms with Gasteiger partial charge in [-0.25, -0.2) is 18.1 Å². The second-order valence-electron chi connectivity index (χ2n) is 5.42. The van der Waals surface area contributed by atoms with E-state index in [-0.39, 0.29) is 21.9 Å². The van der Waals surface area contributed by atoms with E-state index in [0.29, 0.717) is 16.0 Å². The van der Waals surface area contributed by atoms with Crippen LogP contribution >= 0.6 is 15.9 Å². The number of aryl methyl sites for hydroxylation is 1. The number of ether oxygens (including phenoxy) is 1. The normalized spacial score (nSPS) is 11.3. The van der Waals surface area contributed by atoms with Crippen molar-refractivity contribution < 1.29 is 13.2 Å². The highest BCUT2D eigenvalue weighted by Gasteiger charge is 2.20. The van der Waals surface area contributed by atoms with Crippen LogP contribution in [-0.4, -0.2) is 30.3 Å². The minimum Gasteiger partial charge on any atom is -0.495 e. The summed E-state index contributed by atoms with van der Waals surface area (Å²) in [5.74, 6) is 0.574. The van der Waals surface area contributed by atoms with Gasteiger partial charge in [-0.3, -0.25) is 14.6 Å². The van der Waals surface area contributed by atoms with Gasteiger partial charge in [0.25, 0.3) is 15.6 Å². The number of hydrogen-bond acceptors (Lipinski definition) is 5. The molecule has 0 spiro atoms. The standard InChI is InChI=1S/C16H15BrN4O4S/c1-10-7-16(22)21(19-10)15-6-4-12(9-18-15)20-26(23,24)14-8-11(17)3-5-13(14)25-2/h3-9,19-20H,1-2H3. The average molecular weight is 439 g/mol. The van der Waals surface area contributed by atoms with Crippen molar-refractivity contribution >= 4 is 31.6 Å². The SMILES string of the molecule is COc1ccc(Br)cc1S(=O)(=O)Nc1ccc(-n2[nH]c(C)cc2=O)nc1. The van der Waals surface area contributed by atoms with Gasteiger partial charge in [-0.05, 0) is 37.3 Å². The van der Waals surface area contributed by atoms with E-state index in [0.717, 1.165) is 0 Å². The van der Waals surface area contributed by atoms with Gasteiger partial charge in [0.2, 0.25) is 0 Å². The molecule has 1 aromatic carbocycles. The summed E-state index contributed by atoms with van der Waals surface area (Å²) in [6.45, 7) is 1.76.